The molecule has 1 aliphatic rings. The van der Waals surface area contributed by atoms with Crippen LogP contribution in [-0.2, 0) is 13.8 Å². The van der Waals surface area contributed by atoms with Crippen molar-refractivity contribution in [1.29, 1.82) is 0 Å². The predicted molar refractivity (Wildman–Crippen MR) is 126 cm³/mol. The van der Waals surface area contributed by atoms with Crippen LogP contribution in [0.25, 0.3) is 10.4 Å². The number of hydrogen-bond acceptors (Lipinski definition) is 8. The zero-order valence-corrected chi connectivity index (χ0v) is 19.4. The summed E-state index contributed by atoms with van der Waals surface area (Å²) in [7, 11) is -4.02. The number of rotatable bonds is 9. The Kier molecular flexibility index (Phi) is 7.33. The van der Waals surface area contributed by atoms with Gasteiger partial charge in [-0.2, -0.15) is 0 Å². The number of hydrogen-bond donors (Lipinski definition) is 2. The van der Waals surface area contributed by atoms with E-state index in [1.807, 2.05) is 0 Å². The third-order valence-electron chi connectivity index (χ3n) is 5.15. The Labute approximate surface area is 198 Å². The summed E-state index contributed by atoms with van der Waals surface area (Å²) in [6, 6.07) is 12.7. The molecule has 3 heterocycles. The fourth-order valence-electron chi connectivity index (χ4n) is 3.47. The molecule has 1 aliphatic heterocycles. The summed E-state index contributed by atoms with van der Waals surface area (Å²) in [6.07, 6.45) is 1.34. The van der Waals surface area contributed by atoms with E-state index in [-0.39, 0.29) is 18.8 Å². The van der Waals surface area contributed by atoms with E-state index >= 15 is 0 Å². The number of H-pyrrole nitrogens is 1. The molecule has 4 atom stereocenters. The van der Waals surface area contributed by atoms with Gasteiger partial charge < -0.3 is 9.26 Å². The van der Waals surface area contributed by atoms with Crippen LogP contribution >= 0.6 is 7.75 Å². The summed E-state index contributed by atoms with van der Waals surface area (Å²) < 4.78 is 32.1. The Balaban J connectivity index is 1.55. The van der Waals surface area contributed by atoms with Gasteiger partial charge in [-0.05, 0) is 36.7 Å². The molecular weight excluding hydrogens is 477 g/mol. The molecule has 1 fully saturated rings. The number of benzene rings is 1. The molecule has 4 rings (SSSR count). The van der Waals surface area contributed by atoms with E-state index in [4.69, 9.17) is 19.3 Å². The number of aromatic nitrogens is 3. The third-order valence-corrected chi connectivity index (χ3v) is 6.60. The molecule has 3 aromatic rings. The van der Waals surface area contributed by atoms with Crippen LogP contribution in [0.4, 0.5) is 5.82 Å². The van der Waals surface area contributed by atoms with Gasteiger partial charge in [0.05, 0.1) is 18.8 Å². The average Bonchev–Trinajstić information content (AvgIpc) is 3.24. The highest BCUT2D eigenvalue weighted by atomic mass is 31.2. The molecule has 35 heavy (non-hydrogen) atoms. The Hall–Kier alpha value is -3.89. The minimum Gasteiger partial charge on any atom is -0.409 e. The van der Waals surface area contributed by atoms with E-state index in [0.29, 0.717) is 11.3 Å². The van der Waals surface area contributed by atoms with E-state index in [2.05, 4.69) is 25.1 Å². The fourth-order valence-corrected chi connectivity index (χ4v) is 4.78. The van der Waals surface area contributed by atoms with Gasteiger partial charge in [0.1, 0.15) is 17.8 Å². The van der Waals surface area contributed by atoms with Gasteiger partial charge in [0.15, 0.2) is 0 Å². The van der Waals surface area contributed by atoms with Crippen LogP contribution in [0.15, 0.2) is 75.6 Å². The lowest BCUT2D eigenvalue weighted by Gasteiger charge is -2.23. The molecule has 2 unspecified atom stereocenters. The molecule has 0 aliphatic carbocycles. The Morgan fingerprint density at radius 2 is 2.06 bits per heavy atom. The second-order valence-electron chi connectivity index (χ2n) is 7.64. The maximum Gasteiger partial charge on any atom is 0.487 e. The maximum absolute atomic E-state index is 13.6. The zero-order valence-electron chi connectivity index (χ0n) is 18.6. The van der Waals surface area contributed by atoms with E-state index in [1.54, 1.807) is 55.5 Å². The highest BCUT2D eigenvalue weighted by Crippen LogP contribution is 2.48. The normalized spacial score (nSPS) is 21.0. The third kappa shape index (κ3) is 5.97. The molecule has 0 bridgehead atoms. The average molecular weight is 499 g/mol. The molecular formula is C21H22N7O6P. The molecule has 0 spiro atoms. The van der Waals surface area contributed by atoms with Gasteiger partial charge in [-0.15, -0.1) is 0 Å². The van der Waals surface area contributed by atoms with E-state index < -0.39 is 37.4 Å². The lowest BCUT2D eigenvalue weighted by atomic mass is 10.1. The summed E-state index contributed by atoms with van der Waals surface area (Å²) in [5.41, 5.74) is 8.14. The molecule has 1 saturated heterocycles. The molecule has 2 N–H and O–H groups in total. The van der Waals surface area contributed by atoms with E-state index in [9.17, 15) is 14.2 Å². The predicted octanol–water partition coefficient (Wildman–Crippen LogP) is 3.52. The monoisotopic (exact) mass is 499 g/mol. The Morgan fingerprint density at radius 1 is 1.29 bits per heavy atom. The zero-order chi connectivity index (χ0) is 24.8. The number of aryl methyl sites for hydroxylation is 1. The highest BCUT2D eigenvalue weighted by Gasteiger charge is 2.39. The minimum atomic E-state index is -4.02. The van der Waals surface area contributed by atoms with Crippen LogP contribution in [0.2, 0.25) is 0 Å². The summed E-state index contributed by atoms with van der Waals surface area (Å²) in [6.45, 7) is 1.26. The first-order valence-corrected chi connectivity index (χ1v) is 12.1. The van der Waals surface area contributed by atoms with E-state index in [0.717, 1.165) is 0 Å². The van der Waals surface area contributed by atoms with E-state index in [1.165, 1.54) is 17.0 Å². The lowest BCUT2D eigenvalue weighted by molar-refractivity contribution is -0.0234. The first kappa shape index (κ1) is 24.2. The van der Waals surface area contributed by atoms with Gasteiger partial charge in [-0.3, -0.25) is 24.0 Å². The van der Waals surface area contributed by atoms with Gasteiger partial charge in [0.2, 0.25) is 0 Å². The SMILES string of the molecule is Cc1cn([C@H]2CC(N=[N+]=[N-])[C@@H](COP(=O)(Nc3ccccn3)Oc3ccccc3)O2)c(=O)[nH]c1=O. The van der Waals surface area contributed by atoms with Crippen LogP contribution in [-0.4, -0.2) is 33.3 Å². The number of para-hydroxylation sites is 1. The van der Waals surface area contributed by atoms with Crippen molar-refractivity contribution in [2.75, 3.05) is 11.7 Å². The van der Waals surface area contributed by atoms with Crippen LogP contribution in [0.3, 0.4) is 0 Å². The molecule has 182 valence electrons. The van der Waals surface area contributed by atoms with Crippen molar-refractivity contribution in [2.45, 2.75) is 31.7 Å². The van der Waals surface area contributed by atoms with Crippen molar-refractivity contribution in [3.8, 4) is 5.75 Å². The second-order valence-corrected chi connectivity index (χ2v) is 9.30. The second kappa shape index (κ2) is 10.6. The van der Waals surface area contributed by atoms with Crippen LogP contribution < -0.4 is 20.9 Å². The number of nitrogens with zero attached hydrogens (tertiary/aromatic N) is 5. The van der Waals surface area contributed by atoms with Crippen LogP contribution in [0.5, 0.6) is 5.75 Å². The van der Waals surface area contributed by atoms with Crippen molar-refractivity contribution in [3.05, 3.63) is 97.8 Å². The maximum atomic E-state index is 13.6. The quantitative estimate of drug-likeness (QED) is 0.195. The number of ether oxygens (including phenoxy) is 1. The molecule has 0 saturated carbocycles. The van der Waals surface area contributed by atoms with Crippen LogP contribution in [0.1, 0.15) is 18.2 Å². The Morgan fingerprint density at radius 3 is 2.77 bits per heavy atom. The molecule has 0 amide bonds. The van der Waals surface area contributed by atoms with Crippen molar-refractivity contribution < 1.29 is 18.3 Å². The number of pyridine rings is 1. The molecule has 14 heteroatoms. The fraction of sp³-hybridized carbons (Fsp3) is 0.286. The summed E-state index contributed by atoms with van der Waals surface area (Å²) >= 11 is 0. The largest absolute Gasteiger partial charge is 0.487 e. The summed E-state index contributed by atoms with van der Waals surface area (Å²) in [4.78, 5) is 33.1. The number of anilines is 1. The van der Waals surface area contributed by atoms with Crippen molar-refractivity contribution >= 4 is 13.6 Å². The van der Waals surface area contributed by atoms with Crippen molar-refractivity contribution in [2.24, 2.45) is 5.11 Å². The standard InChI is InChI=1S/C21H22N7O6P/c1-14-12-28(21(30)24-20(14)29)19-11-16(25-27-22)17(33-19)13-32-35(31,26-18-9-5-6-10-23-18)34-15-7-3-2-4-8-15/h2-10,12,16-17,19H,11,13H2,1H3,(H,23,26,31)(H,24,29,30)/t16?,17-,19-,35?/m1/s1. The van der Waals surface area contributed by atoms with Gasteiger partial charge in [-0.1, -0.05) is 29.4 Å². The summed E-state index contributed by atoms with van der Waals surface area (Å²) in [5, 5.41) is 6.43. The van der Waals surface area contributed by atoms with Crippen LogP contribution in [0, 0.1) is 6.92 Å². The molecule has 1 aromatic carbocycles. The number of aromatic amines is 1. The van der Waals surface area contributed by atoms with Crippen molar-refractivity contribution in [3.63, 3.8) is 0 Å². The van der Waals surface area contributed by atoms with Gasteiger partial charge in [0.25, 0.3) is 5.56 Å². The molecule has 2 aromatic heterocycles. The number of azide groups is 1. The lowest BCUT2D eigenvalue weighted by Crippen LogP contribution is -2.33. The highest BCUT2D eigenvalue weighted by molar-refractivity contribution is 7.55. The molecule has 0 radical (unpaired) electrons. The summed E-state index contributed by atoms with van der Waals surface area (Å²) in [5.74, 6) is 0.560. The topological polar surface area (TPSA) is 173 Å². The number of nitrogens with one attached hydrogen (secondary N) is 2. The Bertz CT molecular complexity index is 1330. The van der Waals surface area contributed by atoms with Gasteiger partial charge in [-0.25, -0.2) is 14.3 Å². The minimum absolute atomic E-state index is 0.140. The molecule has 13 nitrogen and oxygen atoms in total. The van der Waals surface area contributed by atoms with Crippen molar-refractivity contribution in [1.82, 2.24) is 14.5 Å². The van der Waals surface area contributed by atoms with Gasteiger partial charge >= 0.3 is 13.4 Å². The van der Waals surface area contributed by atoms with Gasteiger partial charge in [0, 0.05) is 29.3 Å². The first-order valence-electron chi connectivity index (χ1n) is 10.6. The smallest absolute Gasteiger partial charge is 0.409 e. The first-order chi connectivity index (χ1) is 16.9.